The maximum Gasteiger partial charge on any atom is 0.508 e. The topological polar surface area (TPSA) is 140 Å². The van der Waals surface area contributed by atoms with E-state index in [0.29, 0.717) is 11.1 Å². The van der Waals surface area contributed by atoms with Crippen LogP contribution < -0.4 is 26.5 Å². The van der Waals surface area contributed by atoms with Crippen molar-refractivity contribution in [2.45, 2.75) is 32.0 Å². The Balaban J connectivity index is 1.75. The normalized spacial score (nSPS) is 15.4. The molecule has 2 N–H and O–H groups in total. The number of rotatable bonds is 16. The molecule has 4 aromatic rings. The summed E-state index contributed by atoms with van der Waals surface area (Å²) in [6, 6.07) is 33.9. The van der Waals surface area contributed by atoms with Gasteiger partial charge in [-0.2, -0.15) is 0 Å². The van der Waals surface area contributed by atoms with Gasteiger partial charge in [0.1, 0.15) is 24.7 Å². The third-order valence-corrected chi connectivity index (χ3v) is 13.4. The van der Waals surface area contributed by atoms with Gasteiger partial charge in [0.25, 0.3) is 0 Å². The summed E-state index contributed by atoms with van der Waals surface area (Å²) in [6.45, 7) is 5.48. The molecular weight excluding hydrogens is 717 g/mol. The maximum atomic E-state index is 14.8. The molecule has 11 nitrogen and oxygen atoms in total. The Labute approximate surface area is 321 Å². The number of hydrogen-bond acceptors (Lipinski definition) is 8. The number of β-lactam (4-membered cyclic amide) rings is 1. The summed E-state index contributed by atoms with van der Waals surface area (Å²) in [4.78, 5) is 69.8. The number of ether oxygens (including phenoxy) is 3. The Bertz CT molecular complexity index is 1990. The van der Waals surface area contributed by atoms with Crippen LogP contribution in [0.1, 0.15) is 29.3 Å². The number of Topliss-reactive ketones (excluding diaryl/α,β-unsaturated/α-hetero) is 1. The number of urea groups is 1. The maximum absolute atomic E-state index is 14.8. The average molecular weight is 762 g/mol. The second kappa shape index (κ2) is 18.7. The van der Waals surface area contributed by atoms with Gasteiger partial charge in [0.2, 0.25) is 5.91 Å². The van der Waals surface area contributed by atoms with Crippen LogP contribution in [-0.4, -0.2) is 72.6 Å². The van der Waals surface area contributed by atoms with Crippen molar-refractivity contribution in [3.05, 3.63) is 152 Å². The molecule has 1 saturated heterocycles. The van der Waals surface area contributed by atoms with Crippen molar-refractivity contribution in [1.82, 2.24) is 15.5 Å². The summed E-state index contributed by atoms with van der Waals surface area (Å²) in [6.07, 6.45) is 0.536. The van der Waals surface area contributed by atoms with E-state index in [1.165, 1.54) is 24.1 Å². The molecule has 0 radical (unpaired) electrons. The van der Waals surface area contributed by atoms with Crippen molar-refractivity contribution in [2.24, 2.45) is 5.92 Å². The largest absolute Gasteiger partial charge is 0.508 e. The van der Waals surface area contributed by atoms with Gasteiger partial charge >= 0.3 is 18.2 Å². The van der Waals surface area contributed by atoms with E-state index in [4.69, 9.17) is 14.2 Å². The summed E-state index contributed by atoms with van der Waals surface area (Å²) >= 11 is 0. The van der Waals surface area contributed by atoms with Gasteiger partial charge < -0.3 is 29.7 Å². The highest BCUT2D eigenvalue weighted by molar-refractivity contribution is 7.96. The molecule has 5 rings (SSSR count). The zero-order valence-electron chi connectivity index (χ0n) is 30.8. The Kier molecular flexibility index (Phi) is 13.6. The summed E-state index contributed by atoms with van der Waals surface area (Å²) in [5.41, 5.74) is 1.08. The summed E-state index contributed by atoms with van der Waals surface area (Å²) in [5, 5.41) is 7.52. The van der Waals surface area contributed by atoms with Crippen molar-refractivity contribution >= 4 is 58.1 Å². The van der Waals surface area contributed by atoms with Crippen molar-refractivity contribution in [1.29, 1.82) is 0 Å². The van der Waals surface area contributed by atoms with Crippen LogP contribution in [0.5, 0.6) is 0 Å². The predicted octanol–water partition coefficient (Wildman–Crippen LogP) is 5.10. The van der Waals surface area contributed by atoms with E-state index in [2.05, 4.69) is 23.8 Å². The molecule has 4 aromatic carbocycles. The molecule has 0 aromatic heterocycles. The van der Waals surface area contributed by atoms with Gasteiger partial charge in [-0.1, -0.05) is 135 Å². The van der Waals surface area contributed by atoms with Crippen LogP contribution in [0.3, 0.4) is 0 Å². The number of likely N-dealkylation sites (tertiary alicyclic amines) is 1. The molecule has 0 saturated carbocycles. The molecule has 1 aliphatic heterocycles. The predicted molar refractivity (Wildman–Crippen MR) is 214 cm³/mol. The molecule has 1 heterocycles. The second-order valence-corrected chi connectivity index (χ2v) is 15.9. The number of hydrogen-bond donors (Lipinski definition) is 2. The second-order valence-electron chi connectivity index (χ2n) is 12.6. The van der Waals surface area contributed by atoms with Gasteiger partial charge in [-0.3, -0.25) is 9.59 Å². The number of ketones is 1. The number of esters is 1. The Morgan fingerprint density at radius 3 is 1.87 bits per heavy atom. The highest BCUT2D eigenvalue weighted by Crippen LogP contribution is 2.50. The highest BCUT2D eigenvalue weighted by Gasteiger charge is 2.57. The third kappa shape index (κ3) is 8.79. The third-order valence-electron chi connectivity index (χ3n) is 9.19. The Morgan fingerprint density at radius 2 is 1.35 bits per heavy atom. The molecule has 284 valence electrons. The van der Waals surface area contributed by atoms with Gasteiger partial charge in [-0.25, -0.2) is 14.4 Å². The SMILES string of the molecule is C=CCOC(=O)O[C@H](C)[C@H]1C(=O)N(C(C(=O)OCC=C)=P(c2ccccc2)(c2ccccc2)c2ccccc2)[C@@H]1CC(=O)c1cccc(CNC(=O)NC)c1. The molecule has 12 heteroatoms. The summed E-state index contributed by atoms with van der Waals surface area (Å²) < 4.78 is 16.5. The monoisotopic (exact) mass is 761 g/mol. The average Bonchev–Trinajstić information content (AvgIpc) is 3.22. The van der Waals surface area contributed by atoms with E-state index in [-0.39, 0.29) is 43.4 Å². The van der Waals surface area contributed by atoms with Crippen molar-refractivity contribution in [3.63, 3.8) is 0 Å². The van der Waals surface area contributed by atoms with E-state index < -0.39 is 43.0 Å². The molecule has 0 unspecified atom stereocenters. The van der Waals surface area contributed by atoms with E-state index in [1.807, 2.05) is 91.0 Å². The number of carbonyl (C=O) groups is 5. The van der Waals surface area contributed by atoms with Gasteiger partial charge in [0, 0.05) is 32.5 Å². The first kappa shape index (κ1) is 40.0. The molecule has 55 heavy (non-hydrogen) atoms. The molecule has 3 amide bonds. The van der Waals surface area contributed by atoms with Crippen LogP contribution >= 0.6 is 6.89 Å². The minimum Gasteiger partial charge on any atom is -0.457 e. The Hall–Kier alpha value is -6.19. The fraction of sp³-hybridized carbons (Fsp3) is 0.209. The lowest BCUT2D eigenvalue weighted by Gasteiger charge is -2.51. The molecule has 1 aliphatic rings. The van der Waals surface area contributed by atoms with Crippen LogP contribution in [0, 0.1) is 5.92 Å². The fourth-order valence-corrected chi connectivity index (χ4v) is 11.1. The standard InChI is InChI=1S/C43H44N3O8P/c1-5-25-52-41(49)40(55(33-19-10-7-11-20-33,34-21-12-8-13-22-34)35-23-14-9-15-24-35)46-36(38(39(46)48)30(3)54-43(51)53-26-6-2)28-37(47)32-18-16-17-31(27-32)29-45-42(50)44-4/h5-24,27,30,36,38H,1-2,25-26,28-29H2,3-4H3,(H2,44,45,50)/t30-,36-,38-/m1/s1. The zero-order valence-corrected chi connectivity index (χ0v) is 31.7. The molecule has 0 spiro atoms. The van der Waals surface area contributed by atoms with E-state index in [9.17, 15) is 24.0 Å². The molecular formula is C43H44N3O8P. The molecule has 0 aliphatic carbocycles. The fourth-order valence-electron chi connectivity index (χ4n) is 6.74. The smallest absolute Gasteiger partial charge is 0.457 e. The van der Waals surface area contributed by atoms with Gasteiger partial charge in [0.15, 0.2) is 5.78 Å². The quantitative estimate of drug-likeness (QED) is 0.0529. The van der Waals surface area contributed by atoms with Crippen LogP contribution in [-0.2, 0) is 30.3 Å². The molecule has 0 bridgehead atoms. The highest BCUT2D eigenvalue weighted by atomic mass is 31.2. The van der Waals surface area contributed by atoms with E-state index in [0.717, 1.165) is 15.9 Å². The first-order valence-corrected chi connectivity index (χ1v) is 19.5. The van der Waals surface area contributed by atoms with Crippen LogP contribution in [0.2, 0.25) is 0 Å². The zero-order chi connectivity index (χ0) is 39.4. The van der Waals surface area contributed by atoms with E-state index in [1.54, 1.807) is 31.2 Å². The van der Waals surface area contributed by atoms with Crippen molar-refractivity contribution < 1.29 is 38.2 Å². The van der Waals surface area contributed by atoms with Crippen LogP contribution in [0.25, 0.3) is 0 Å². The lowest BCUT2D eigenvalue weighted by Crippen LogP contribution is -2.69. The van der Waals surface area contributed by atoms with E-state index >= 15 is 0 Å². The number of nitrogens with zero attached hydrogens (tertiary/aromatic N) is 1. The van der Waals surface area contributed by atoms with Crippen molar-refractivity contribution in [2.75, 3.05) is 20.3 Å². The minimum absolute atomic E-state index is 0.0713. The summed E-state index contributed by atoms with van der Waals surface area (Å²) in [5.74, 6) is -2.65. The number of nitrogens with one attached hydrogen (secondary N) is 2. The van der Waals surface area contributed by atoms with Crippen molar-refractivity contribution in [3.8, 4) is 0 Å². The number of amides is 3. The van der Waals surface area contributed by atoms with Gasteiger partial charge in [-0.15, -0.1) is 0 Å². The lowest BCUT2D eigenvalue weighted by molar-refractivity contribution is -0.158. The number of benzene rings is 4. The molecule has 1 fully saturated rings. The van der Waals surface area contributed by atoms with Crippen LogP contribution in [0.15, 0.2) is 141 Å². The van der Waals surface area contributed by atoms with Gasteiger partial charge in [0.05, 0.1) is 12.0 Å². The molecule has 3 atom stereocenters. The first-order valence-electron chi connectivity index (χ1n) is 17.7. The lowest BCUT2D eigenvalue weighted by atomic mass is 9.79. The first-order chi connectivity index (χ1) is 26.7. The minimum atomic E-state index is -3.29. The Morgan fingerprint density at radius 1 is 0.800 bits per heavy atom. The van der Waals surface area contributed by atoms with Gasteiger partial charge in [-0.05, 0) is 34.5 Å². The number of carbonyl (C=O) groups excluding carboxylic acids is 5. The van der Waals surface area contributed by atoms with Crippen LogP contribution in [0.4, 0.5) is 9.59 Å². The summed E-state index contributed by atoms with van der Waals surface area (Å²) in [7, 11) is 1.50.